The van der Waals surface area contributed by atoms with Crippen molar-refractivity contribution in [3.63, 3.8) is 0 Å². The van der Waals surface area contributed by atoms with Crippen LogP contribution < -0.4 is 10.1 Å². The zero-order valence-corrected chi connectivity index (χ0v) is 17.9. The summed E-state index contributed by atoms with van der Waals surface area (Å²) in [7, 11) is 0. The fourth-order valence-corrected chi connectivity index (χ4v) is 3.39. The fraction of sp³-hybridized carbons (Fsp3) is 0.591. The molecule has 1 heterocycles. The first-order valence-corrected chi connectivity index (χ1v) is 10.2. The summed E-state index contributed by atoms with van der Waals surface area (Å²) in [6, 6.07) is 4.07. The van der Waals surface area contributed by atoms with Crippen molar-refractivity contribution in [2.75, 3.05) is 26.3 Å². The maximum absolute atomic E-state index is 12.5. The van der Waals surface area contributed by atoms with E-state index in [-0.39, 0.29) is 43.3 Å². The molecule has 0 bridgehead atoms. The highest BCUT2D eigenvalue weighted by molar-refractivity contribution is 5.81. The van der Waals surface area contributed by atoms with Crippen LogP contribution in [0.4, 0.5) is 0 Å². The molecule has 1 aromatic rings. The summed E-state index contributed by atoms with van der Waals surface area (Å²) < 4.78 is 10.6. The highest BCUT2D eigenvalue weighted by Crippen LogP contribution is 2.25. The molecule has 0 spiro atoms. The Morgan fingerprint density at radius 1 is 1.07 bits per heavy atom. The zero-order chi connectivity index (χ0) is 21.4. The number of ether oxygens (including phenoxy) is 2. The predicted molar refractivity (Wildman–Crippen MR) is 110 cm³/mol. The number of rotatable bonds is 8. The number of nitrogens with one attached hydrogen (secondary N) is 1. The van der Waals surface area contributed by atoms with Crippen molar-refractivity contribution >= 4 is 17.8 Å². The van der Waals surface area contributed by atoms with E-state index < -0.39 is 0 Å². The van der Waals surface area contributed by atoms with Crippen LogP contribution in [0.25, 0.3) is 0 Å². The summed E-state index contributed by atoms with van der Waals surface area (Å²) in [5, 5.41) is 2.94. The molecule has 2 rings (SSSR count). The lowest BCUT2D eigenvalue weighted by atomic mass is 10.0. The molecule has 1 aliphatic rings. The molecule has 1 aliphatic heterocycles. The molecule has 1 N–H and O–H groups in total. The summed E-state index contributed by atoms with van der Waals surface area (Å²) >= 11 is 0. The number of hydrogen-bond donors (Lipinski definition) is 1. The second-order valence-electron chi connectivity index (χ2n) is 7.47. The summed E-state index contributed by atoms with van der Waals surface area (Å²) in [5.74, 6) is 0.221. The highest BCUT2D eigenvalue weighted by Gasteiger charge is 2.24. The average Bonchev–Trinajstić information content (AvgIpc) is 2.70. The smallest absolute Gasteiger partial charge is 0.306 e. The lowest BCUT2D eigenvalue weighted by molar-refractivity contribution is -0.144. The van der Waals surface area contributed by atoms with E-state index in [0.29, 0.717) is 32.5 Å². The molecule has 1 aromatic carbocycles. The Bertz CT molecular complexity index is 739. The van der Waals surface area contributed by atoms with Crippen molar-refractivity contribution < 1.29 is 23.9 Å². The van der Waals surface area contributed by atoms with Crippen molar-refractivity contribution in [3.05, 3.63) is 28.8 Å². The molecule has 0 aliphatic carbocycles. The van der Waals surface area contributed by atoms with E-state index in [0.717, 1.165) is 22.4 Å². The monoisotopic (exact) mass is 404 g/mol. The maximum atomic E-state index is 12.5. The molecule has 0 aromatic heterocycles. The third-order valence-corrected chi connectivity index (χ3v) is 5.29. The molecule has 160 valence electrons. The normalized spacial score (nSPS) is 14.4. The van der Waals surface area contributed by atoms with E-state index >= 15 is 0 Å². The van der Waals surface area contributed by atoms with Gasteiger partial charge < -0.3 is 19.7 Å². The van der Waals surface area contributed by atoms with Crippen LogP contribution in [0.3, 0.4) is 0 Å². The van der Waals surface area contributed by atoms with Crippen LogP contribution in [-0.4, -0.2) is 55.0 Å². The van der Waals surface area contributed by atoms with E-state index in [2.05, 4.69) is 5.32 Å². The minimum absolute atomic E-state index is 0.0156. The number of aryl methyl sites for hydroxylation is 2. The van der Waals surface area contributed by atoms with E-state index in [4.69, 9.17) is 9.47 Å². The fourth-order valence-electron chi connectivity index (χ4n) is 3.39. The van der Waals surface area contributed by atoms with Crippen molar-refractivity contribution in [2.45, 2.75) is 59.4 Å². The van der Waals surface area contributed by atoms with Gasteiger partial charge in [0.1, 0.15) is 5.75 Å². The Hall–Kier alpha value is -2.57. The largest absolute Gasteiger partial charge is 0.483 e. The van der Waals surface area contributed by atoms with Gasteiger partial charge in [-0.1, -0.05) is 12.1 Å². The number of nitrogens with zero attached hydrogens (tertiary/aromatic N) is 1. The van der Waals surface area contributed by atoms with Crippen molar-refractivity contribution in [1.29, 1.82) is 0 Å². The molecular formula is C22H32N2O5. The number of benzene rings is 1. The first kappa shape index (κ1) is 22.7. The van der Waals surface area contributed by atoms with Gasteiger partial charge in [0, 0.05) is 25.6 Å². The Morgan fingerprint density at radius 3 is 2.38 bits per heavy atom. The minimum atomic E-state index is -0.359. The van der Waals surface area contributed by atoms with Crippen LogP contribution in [0.5, 0.6) is 5.75 Å². The molecule has 0 radical (unpaired) electrons. The number of esters is 1. The summed E-state index contributed by atoms with van der Waals surface area (Å²) in [4.78, 5) is 37.6. The Kier molecular flexibility index (Phi) is 8.49. The summed E-state index contributed by atoms with van der Waals surface area (Å²) in [5.41, 5.74) is 3.21. The van der Waals surface area contributed by atoms with Gasteiger partial charge in [-0.25, -0.2) is 0 Å². The van der Waals surface area contributed by atoms with Crippen LogP contribution >= 0.6 is 0 Å². The number of hydrogen-bond acceptors (Lipinski definition) is 5. The van der Waals surface area contributed by atoms with Gasteiger partial charge in [0.25, 0.3) is 5.91 Å². The number of carbonyl (C=O) groups is 3. The van der Waals surface area contributed by atoms with Gasteiger partial charge in [0.15, 0.2) is 6.61 Å². The van der Waals surface area contributed by atoms with Gasteiger partial charge >= 0.3 is 5.97 Å². The molecule has 0 unspecified atom stereocenters. The van der Waals surface area contributed by atoms with Gasteiger partial charge in [-0.15, -0.1) is 0 Å². The molecule has 2 amide bonds. The third kappa shape index (κ3) is 6.76. The number of carbonyl (C=O) groups excluding carboxylic acids is 3. The molecular weight excluding hydrogens is 372 g/mol. The lowest BCUT2D eigenvalue weighted by Gasteiger charge is -2.32. The predicted octanol–water partition coefficient (Wildman–Crippen LogP) is 2.44. The average molecular weight is 405 g/mol. The maximum Gasteiger partial charge on any atom is 0.306 e. The third-order valence-electron chi connectivity index (χ3n) is 5.29. The standard InChI is InChI=1S/C22H32N2O5/c1-5-28-21(27)9-8-19(25)23-18-10-12-24(13-11-18)20(26)14-29-22-16(3)7-6-15(2)17(22)4/h6-7,18H,5,8-14H2,1-4H3,(H,23,25). The SMILES string of the molecule is CCOC(=O)CCC(=O)NC1CCN(C(=O)COc2c(C)ccc(C)c2C)CC1. The Morgan fingerprint density at radius 2 is 1.72 bits per heavy atom. The topological polar surface area (TPSA) is 84.9 Å². The summed E-state index contributed by atoms with van der Waals surface area (Å²) in [6.45, 7) is 9.23. The molecule has 1 fully saturated rings. The van der Waals surface area contributed by atoms with Crippen molar-refractivity contribution in [2.24, 2.45) is 0 Å². The van der Waals surface area contributed by atoms with Crippen molar-refractivity contribution in [1.82, 2.24) is 10.2 Å². The minimum Gasteiger partial charge on any atom is -0.483 e. The van der Waals surface area contributed by atoms with Gasteiger partial charge in [0.2, 0.25) is 5.91 Å². The van der Waals surface area contributed by atoms with Gasteiger partial charge in [-0.2, -0.15) is 0 Å². The van der Waals surface area contributed by atoms with Gasteiger partial charge in [0.05, 0.1) is 13.0 Å². The van der Waals surface area contributed by atoms with Crippen LogP contribution in [0.2, 0.25) is 0 Å². The molecule has 7 heteroatoms. The first-order chi connectivity index (χ1) is 13.8. The Labute approximate surface area is 172 Å². The number of piperidine rings is 1. The van der Waals surface area contributed by atoms with E-state index in [1.165, 1.54) is 0 Å². The van der Waals surface area contributed by atoms with Crippen LogP contribution in [0.15, 0.2) is 12.1 Å². The number of amides is 2. The second kappa shape index (κ2) is 10.8. The molecule has 0 saturated carbocycles. The van der Waals surface area contributed by atoms with Crippen LogP contribution in [0.1, 0.15) is 49.3 Å². The highest BCUT2D eigenvalue weighted by atomic mass is 16.5. The van der Waals surface area contributed by atoms with Crippen molar-refractivity contribution in [3.8, 4) is 5.75 Å². The van der Waals surface area contributed by atoms with Gasteiger partial charge in [-0.05, 0) is 57.2 Å². The van der Waals surface area contributed by atoms with Crippen LogP contribution in [-0.2, 0) is 19.1 Å². The van der Waals surface area contributed by atoms with Crippen LogP contribution in [0, 0.1) is 20.8 Å². The molecule has 29 heavy (non-hydrogen) atoms. The molecule has 0 atom stereocenters. The quantitative estimate of drug-likeness (QED) is 0.673. The number of likely N-dealkylation sites (tertiary alicyclic amines) is 1. The van der Waals surface area contributed by atoms with E-state index in [1.54, 1.807) is 11.8 Å². The van der Waals surface area contributed by atoms with Gasteiger partial charge in [-0.3, -0.25) is 14.4 Å². The van der Waals surface area contributed by atoms with E-state index in [1.807, 2.05) is 32.9 Å². The summed E-state index contributed by atoms with van der Waals surface area (Å²) in [6.07, 6.45) is 1.60. The molecule has 1 saturated heterocycles. The second-order valence-corrected chi connectivity index (χ2v) is 7.47. The van der Waals surface area contributed by atoms with E-state index in [9.17, 15) is 14.4 Å². The first-order valence-electron chi connectivity index (χ1n) is 10.2. The lowest BCUT2D eigenvalue weighted by Crippen LogP contribution is -2.47. The molecule has 7 nitrogen and oxygen atoms in total. The zero-order valence-electron chi connectivity index (χ0n) is 17.9. The Balaban J connectivity index is 1.73.